The summed E-state index contributed by atoms with van der Waals surface area (Å²) in [5.41, 5.74) is 2.50. The summed E-state index contributed by atoms with van der Waals surface area (Å²) in [6, 6.07) is 15.5. The minimum atomic E-state index is 0.605. The summed E-state index contributed by atoms with van der Waals surface area (Å²) in [7, 11) is 0. The molecule has 2 aromatic heterocycles. The number of rotatable bonds is 5. The van der Waals surface area contributed by atoms with Crippen molar-refractivity contribution in [3.63, 3.8) is 0 Å². The van der Waals surface area contributed by atoms with Gasteiger partial charge in [0.05, 0.1) is 10.6 Å². The Morgan fingerprint density at radius 2 is 2.08 bits per heavy atom. The summed E-state index contributed by atoms with van der Waals surface area (Å²) < 4.78 is 5.90. The van der Waals surface area contributed by atoms with Gasteiger partial charge in [-0.15, -0.1) is 11.3 Å². The maximum absolute atomic E-state index is 5.90. The van der Waals surface area contributed by atoms with E-state index < -0.39 is 0 Å². The topological polar surface area (TPSA) is 29.3 Å². The number of likely N-dealkylation sites (tertiary alicyclic amines) is 1. The van der Waals surface area contributed by atoms with E-state index in [1.807, 2.05) is 13.0 Å². The second-order valence-corrected chi connectivity index (χ2v) is 7.40. The van der Waals surface area contributed by atoms with E-state index in [-0.39, 0.29) is 0 Å². The molecule has 1 aromatic carbocycles. The summed E-state index contributed by atoms with van der Waals surface area (Å²) in [6.07, 6.45) is 3.66. The number of hydrogen-bond donors (Lipinski definition) is 0. The summed E-state index contributed by atoms with van der Waals surface area (Å²) in [6.45, 7) is 4.07. The monoisotopic (exact) mass is 338 g/mol. The maximum Gasteiger partial charge on any atom is 0.236 e. The minimum absolute atomic E-state index is 0.605. The number of benzene rings is 1. The van der Waals surface area contributed by atoms with Crippen LogP contribution in [0.2, 0.25) is 0 Å². The van der Waals surface area contributed by atoms with E-state index in [1.54, 1.807) is 11.3 Å². The zero-order chi connectivity index (χ0) is 16.4. The quantitative estimate of drug-likeness (QED) is 0.661. The van der Waals surface area contributed by atoms with Crippen LogP contribution < -0.4 is 0 Å². The molecular weight excluding hydrogens is 316 g/mol. The normalized spacial score (nSPS) is 18.3. The molecule has 3 nitrogen and oxygen atoms in total. The molecule has 4 heteroatoms. The van der Waals surface area contributed by atoms with Gasteiger partial charge in [-0.25, -0.2) is 4.98 Å². The molecule has 0 bridgehead atoms. The molecule has 0 aliphatic carbocycles. The Kier molecular flexibility index (Phi) is 4.50. The van der Waals surface area contributed by atoms with Crippen molar-refractivity contribution in [1.82, 2.24) is 9.88 Å². The van der Waals surface area contributed by atoms with Crippen LogP contribution in [0, 0.1) is 6.92 Å². The van der Waals surface area contributed by atoms with E-state index in [2.05, 4.69) is 46.7 Å². The van der Waals surface area contributed by atoms with Gasteiger partial charge in [-0.2, -0.15) is 0 Å². The van der Waals surface area contributed by atoms with Gasteiger partial charge in [-0.1, -0.05) is 36.4 Å². The van der Waals surface area contributed by atoms with Crippen LogP contribution in [0.5, 0.6) is 0 Å². The van der Waals surface area contributed by atoms with E-state index in [4.69, 9.17) is 9.40 Å². The zero-order valence-corrected chi connectivity index (χ0v) is 14.8. The molecule has 1 saturated heterocycles. The van der Waals surface area contributed by atoms with Crippen molar-refractivity contribution < 1.29 is 4.42 Å². The zero-order valence-electron chi connectivity index (χ0n) is 13.9. The lowest BCUT2D eigenvalue weighted by Crippen LogP contribution is -2.31. The molecule has 1 aliphatic rings. The van der Waals surface area contributed by atoms with Crippen LogP contribution in [-0.2, 0) is 13.0 Å². The molecule has 1 aliphatic heterocycles. The van der Waals surface area contributed by atoms with Gasteiger partial charge in [-0.3, -0.25) is 4.90 Å². The first kappa shape index (κ1) is 15.6. The van der Waals surface area contributed by atoms with Crippen molar-refractivity contribution in [1.29, 1.82) is 0 Å². The van der Waals surface area contributed by atoms with E-state index in [9.17, 15) is 0 Å². The van der Waals surface area contributed by atoms with Crippen LogP contribution in [0.4, 0.5) is 0 Å². The number of thiophene rings is 1. The SMILES string of the molecule is Cc1oc(-c2cccs2)nc1CN1CCC[C@@H]1Cc1ccccc1. The number of hydrogen-bond acceptors (Lipinski definition) is 4. The van der Waals surface area contributed by atoms with Crippen LogP contribution in [0.1, 0.15) is 29.9 Å². The first-order valence-electron chi connectivity index (χ1n) is 8.58. The molecule has 1 fully saturated rings. The summed E-state index contributed by atoms with van der Waals surface area (Å²) in [4.78, 5) is 8.43. The fourth-order valence-corrected chi connectivity index (χ4v) is 4.14. The van der Waals surface area contributed by atoms with Gasteiger partial charge in [0.25, 0.3) is 0 Å². The van der Waals surface area contributed by atoms with Crippen LogP contribution in [-0.4, -0.2) is 22.5 Å². The van der Waals surface area contributed by atoms with E-state index in [0.29, 0.717) is 6.04 Å². The Morgan fingerprint density at radius 3 is 2.88 bits per heavy atom. The Hall–Kier alpha value is -1.91. The summed E-state index contributed by atoms with van der Waals surface area (Å²) >= 11 is 1.67. The van der Waals surface area contributed by atoms with Crippen LogP contribution >= 0.6 is 11.3 Å². The average Bonchev–Trinajstić information content (AvgIpc) is 3.32. The predicted octanol–water partition coefficient (Wildman–Crippen LogP) is 4.92. The molecule has 0 amide bonds. The highest BCUT2D eigenvalue weighted by Gasteiger charge is 2.26. The highest BCUT2D eigenvalue weighted by Crippen LogP contribution is 2.28. The lowest BCUT2D eigenvalue weighted by Gasteiger charge is -2.23. The van der Waals surface area contributed by atoms with E-state index >= 15 is 0 Å². The van der Waals surface area contributed by atoms with Gasteiger partial charge in [0.15, 0.2) is 0 Å². The number of aromatic nitrogens is 1. The van der Waals surface area contributed by atoms with Crippen LogP contribution in [0.25, 0.3) is 10.8 Å². The molecule has 3 aromatic rings. The average molecular weight is 338 g/mol. The molecule has 0 N–H and O–H groups in total. The fraction of sp³-hybridized carbons (Fsp3) is 0.350. The molecule has 24 heavy (non-hydrogen) atoms. The Labute approximate surface area is 147 Å². The second kappa shape index (κ2) is 6.91. The molecule has 4 rings (SSSR count). The van der Waals surface area contributed by atoms with Gasteiger partial charge in [-0.05, 0) is 49.7 Å². The van der Waals surface area contributed by atoms with Crippen molar-refractivity contribution in [2.45, 2.75) is 38.8 Å². The van der Waals surface area contributed by atoms with Crippen molar-refractivity contribution in [2.75, 3.05) is 6.54 Å². The first-order chi connectivity index (χ1) is 11.8. The third-order valence-corrected chi connectivity index (χ3v) is 5.65. The Bertz CT molecular complexity index is 779. The fourth-order valence-electron chi connectivity index (χ4n) is 3.49. The second-order valence-electron chi connectivity index (χ2n) is 6.46. The highest BCUT2D eigenvalue weighted by molar-refractivity contribution is 7.13. The third-order valence-electron chi connectivity index (χ3n) is 4.79. The predicted molar refractivity (Wildman–Crippen MR) is 98.1 cm³/mol. The van der Waals surface area contributed by atoms with Gasteiger partial charge in [0.2, 0.25) is 5.89 Å². The van der Waals surface area contributed by atoms with Gasteiger partial charge < -0.3 is 4.42 Å². The minimum Gasteiger partial charge on any atom is -0.440 e. The van der Waals surface area contributed by atoms with Crippen LogP contribution in [0.15, 0.2) is 52.3 Å². The lowest BCUT2D eigenvalue weighted by molar-refractivity contribution is 0.240. The third kappa shape index (κ3) is 3.30. The smallest absolute Gasteiger partial charge is 0.236 e. The molecule has 0 spiro atoms. The number of oxazole rings is 1. The van der Waals surface area contributed by atoms with Crippen LogP contribution in [0.3, 0.4) is 0 Å². The van der Waals surface area contributed by atoms with Crippen molar-refractivity contribution in [3.8, 4) is 10.8 Å². The highest BCUT2D eigenvalue weighted by atomic mass is 32.1. The Morgan fingerprint density at radius 1 is 1.21 bits per heavy atom. The van der Waals surface area contributed by atoms with Crippen molar-refractivity contribution in [3.05, 3.63) is 64.9 Å². The molecule has 3 heterocycles. The molecule has 0 saturated carbocycles. The standard InChI is InChI=1S/C20H22N2OS/c1-15-18(21-20(23-15)19-10-6-12-24-19)14-22-11-5-9-17(22)13-16-7-3-2-4-8-16/h2-4,6-8,10,12,17H,5,9,11,13-14H2,1H3/t17-/m1/s1. The van der Waals surface area contributed by atoms with E-state index in [0.717, 1.165) is 41.7 Å². The lowest BCUT2D eigenvalue weighted by atomic mass is 10.0. The molecule has 0 radical (unpaired) electrons. The van der Waals surface area contributed by atoms with E-state index in [1.165, 1.54) is 18.4 Å². The summed E-state index contributed by atoms with van der Waals surface area (Å²) in [5, 5.41) is 2.06. The number of aryl methyl sites for hydroxylation is 1. The van der Waals surface area contributed by atoms with Crippen molar-refractivity contribution >= 4 is 11.3 Å². The van der Waals surface area contributed by atoms with Gasteiger partial charge in [0, 0.05) is 12.6 Å². The summed E-state index contributed by atoms with van der Waals surface area (Å²) in [5.74, 6) is 1.71. The molecule has 0 unspecified atom stereocenters. The maximum atomic E-state index is 5.90. The molecule has 124 valence electrons. The van der Waals surface area contributed by atoms with Gasteiger partial charge >= 0.3 is 0 Å². The molecule has 1 atom stereocenters. The Balaban J connectivity index is 1.48. The largest absolute Gasteiger partial charge is 0.440 e. The van der Waals surface area contributed by atoms with Gasteiger partial charge in [0.1, 0.15) is 5.76 Å². The number of nitrogens with zero attached hydrogens (tertiary/aromatic N) is 2. The van der Waals surface area contributed by atoms with Crippen molar-refractivity contribution in [2.24, 2.45) is 0 Å². The molecular formula is C20H22N2OS. The first-order valence-corrected chi connectivity index (χ1v) is 9.46.